The molecule has 0 nitrogen and oxygen atoms in total. The van der Waals surface area contributed by atoms with Crippen LogP contribution in [0.5, 0.6) is 0 Å². The lowest BCUT2D eigenvalue weighted by Crippen LogP contribution is -2.32. The molecule has 1 heteroatoms. The van der Waals surface area contributed by atoms with Gasteiger partial charge in [0.25, 0.3) is 0 Å². The van der Waals surface area contributed by atoms with Crippen molar-refractivity contribution in [3.63, 3.8) is 0 Å². The molecule has 3 atom stereocenters. The molecule has 0 rings (SSSR count). The van der Waals surface area contributed by atoms with Crippen molar-refractivity contribution in [2.45, 2.75) is 86.5 Å². The molecular formula is C17H35Cl. The minimum Gasteiger partial charge on any atom is -0.123 e. The molecule has 0 aromatic carbocycles. The molecule has 0 bridgehead atoms. The molecule has 0 aromatic heterocycles. The van der Waals surface area contributed by atoms with E-state index in [4.69, 9.17) is 11.6 Å². The number of halogens is 1. The fourth-order valence-electron chi connectivity index (χ4n) is 2.97. The Labute approximate surface area is 121 Å². The first-order chi connectivity index (χ1) is 7.97. The lowest BCUT2D eigenvalue weighted by Gasteiger charge is -2.41. The van der Waals surface area contributed by atoms with Crippen molar-refractivity contribution in [3.05, 3.63) is 0 Å². The van der Waals surface area contributed by atoms with Crippen LogP contribution in [0.1, 0.15) is 81.1 Å². The molecule has 0 fully saturated rings. The largest absolute Gasteiger partial charge is 0.123 e. The second-order valence-corrected chi connectivity index (χ2v) is 9.01. The van der Waals surface area contributed by atoms with Crippen LogP contribution >= 0.6 is 11.6 Å². The molecule has 18 heavy (non-hydrogen) atoms. The smallest absolute Gasteiger partial charge is 0.0307 e. The van der Waals surface area contributed by atoms with Gasteiger partial charge in [-0.3, -0.25) is 0 Å². The molecule has 2 unspecified atom stereocenters. The highest BCUT2D eigenvalue weighted by Crippen LogP contribution is 2.43. The molecule has 0 spiro atoms. The van der Waals surface area contributed by atoms with E-state index in [1.165, 1.54) is 19.3 Å². The molecular weight excluding hydrogens is 240 g/mol. The maximum Gasteiger partial charge on any atom is 0.0307 e. The van der Waals surface area contributed by atoms with Gasteiger partial charge in [-0.05, 0) is 48.9 Å². The van der Waals surface area contributed by atoms with Crippen LogP contribution in [-0.2, 0) is 0 Å². The van der Waals surface area contributed by atoms with Gasteiger partial charge in [-0.25, -0.2) is 0 Å². The summed E-state index contributed by atoms with van der Waals surface area (Å²) < 4.78 is 0. The van der Waals surface area contributed by atoms with Gasteiger partial charge in [-0.15, -0.1) is 11.6 Å². The third-order valence-corrected chi connectivity index (χ3v) is 4.19. The lowest BCUT2D eigenvalue weighted by atomic mass is 9.65. The van der Waals surface area contributed by atoms with Gasteiger partial charge in [0, 0.05) is 5.38 Å². The Morgan fingerprint density at radius 3 is 1.72 bits per heavy atom. The highest BCUT2D eigenvalue weighted by atomic mass is 35.5. The number of hydrogen-bond acceptors (Lipinski definition) is 0. The number of hydrogen-bond donors (Lipinski definition) is 0. The number of rotatable bonds is 6. The molecule has 0 saturated heterocycles. The summed E-state index contributed by atoms with van der Waals surface area (Å²) in [6, 6.07) is 0. The van der Waals surface area contributed by atoms with E-state index in [1.54, 1.807) is 0 Å². The van der Waals surface area contributed by atoms with Crippen molar-refractivity contribution < 1.29 is 0 Å². The van der Waals surface area contributed by atoms with Crippen LogP contribution < -0.4 is 0 Å². The highest BCUT2D eigenvalue weighted by Gasteiger charge is 2.34. The van der Waals surface area contributed by atoms with E-state index in [0.29, 0.717) is 16.2 Å². The summed E-state index contributed by atoms with van der Waals surface area (Å²) in [4.78, 5) is 0. The lowest BCUT2D eigenvalue weighted by molar-refractivity contribution is 0.0933. The predicted molar refractivity (Wildman–Crippen MR) is 85.3 cm³/mol. The van der Waals surface area contributed by atoms with Crippen molar-refractivity contribution in [2.75, 3.05) is 0 Å². The van der Waals surface area contributed by atoms with Gasteiger partial charge >= 0.3 is 0 Å². The summed E-state index contributed by atoms with van der Waals surface area (Å²) in [5.74, 6) is 1.60. The van der Waals surface area contributed by atoms with Gasteiger partial charge in [-0.2, -0.15) is 0 Å². The van der Waals surface area contributed by atoms with E-state index >= 15 is 0 Å². The van der Waals surface area contributed by atoms with Crippen molar-refractivity contribution in [3.8, 4) is 0 Å². The van der Waals surface area contributed by atoms with Crippen LogP contribution in [0.3, 0.4) is 0 Å². The Balaban J connectivity index is 4.80. The first-order valence-electron chi connectivity index (χ1n) is 7.61. The van der Waals surface area contributed by atoms with E-state index in [9.17, 15) is 0 Å². The summed E-state index contributed by atoms with van der Waals surface area (Å²) in [7, 11) is 0. The topological polar surface area (TPSA) is 0 Å². The van der Waals surface area contributed by atoms with Crippen LogP contribution in [-0.4, -0.2) is 5.38 Å². The monoisotopic (exact) mass is 274 g/mol. The Kier molecular flexibility index (Phi) is 7.29. The standard InChI is InChI=1S/C17H35Cl/c1-9-14(11-10-13(2)18)15(17(6,7)8)12-16(3,4)5/h13-15H,9-12H2,1-8H3/t13?,14-,15?/m0/s1. The van der Waals surface area contributed by atoms with Gasteiger partial charge in [0.05, 0.1) is 0 Å². The molecule has 110 valence electrons. The first-order valence-corrected chi connectivity index (χ1v) is 8.05. The van der Waals surface area contributed by atoms with E-state index in [1.807, 2.05) is 0 Å². The average molecular weight is 275 g/mol. The SMILES string of the molecule is CC[C@@H](CCC(C)Cl)C(CC(C)(C)C)C(C)(C)C. The fraction of sp³-hybridized carbons (Fsp3) is 1.00. The van der Waals surface area contributed by atoms with Crippen LogP contribution in [0.4, 0.5) is 0 Å². The quantitative estimate of drug-likeness (QED) is 0.484. The Hall–Kier alpha value is 0.290. The van der Waals surface area contributed by atoms with Gasteiger partial charge in [0.1, 0.15) is 0 Å². The highest BCUT2D eigenvalue weighted by molar-refractivity contribution is 6.20. The third-order valence-electron chi connectivity index (χ3n) is 3.97. The average Bonchev–Trinajstić information content (AvgIpc) is 2.13. The zero-order valence-electron chi connectivity index (χ0n) is 13.9. The first kappa shape index (κ1) is 18.3. The summed E-state index contributed by atoms with van der Waals surface area (Å²) in [6.45, 7) is 18.7. The van der Waals surface area contributed by atoms with Crippen LogP contribution in [0.2, 0.25) is 0 Å². The maximum absolute atomic E-state index is 6.13. The zero-order chi connectivity index (χ0) is 14.6. The van der Waals surface area contributed by atoms with Crippen LogP contribution in [0, 0.1) is 22.7 Å². The molecule has 0 aliphatic carbocycles. The molecule has 0 heterocycles. The van der Waals surface area contributed by atoms with E-state index in [2.05, 4.69) is 55.4 Å². The normalized spacial score (nSPS) is 18.5. The predicted octanol–water partition coefficient (Wildman–Crippen LogP) is 6.52. The minimum absolute atomic E-state index is 0.314. The molecule has 0 aliphatic heterocycles. The molecule has 0 amide bonds. The molecule has 0 radical (unpaired) electrons. The summed E-state index contributed by atoms with van der Waals surface area (Å²) in [5, 5.41) is 0.314. The van der Waals surface area contributed by atoms with E-state index in [-0.39, 0.29) is 0 Å². The summed E-state index contributed by atoms with van der Waals surface area (Å²) in [6.07, 6.45) is 5.02. The third kappa shape index (κ3) is 7.67. The summed E-state index contributed by atoms with van der Waals surface area (Å²) >= 11 is 6.13. The van der Waals surface area contributed by atoms with Crippen LogP contribution in [0.25, 0.3) is 0 Å². The van der Waals surface area contributed by atoms with Gasteiger partial charge in [0.2, 0.25) is 0 Å². The van der Waals surface area contributed by atoms with Crippen molar-refractivity contribution >= 4 is 11.6 Å². The Morgan fingerprint density at radius 2 is 1.44 bits per heavy atom. The zero-order valence-corrected chi connectivity index (χ0v) is 14.7. The van der Waals surface area contributed by atoms with Crippen LogP contribution in [0.15, 0.2) is 0 Å². The van der Waals surface area contributed by atoms with Crippen molar-refractivity contribution in [1.29, 1.82) is 0 Å². The Morgan fingerprint density at radius 1 is 0.944 bits per heavy atom. The van der Waals surface area contributed by atoms with E-state index in [0.717, 1.165) is 18.3 Å². The number of alkyl halides is 1. The molecule has 0 N–H and O–H groups in total. The fourth-order valence-corrected chi connectivity index (χ4v) is 3.10. The second-order valence-electron chi connectivity index (χ2n) is 8.26. The molecule has 0 aromatic rings. The van der Waals surface area contributed by atoms with Gasteiger partial charge in [-0.1, -0.05) is 54.9 Å². The molecule has 0 saturated carbocycles. The van der Waals surface area contributed by atoms with E-state index < -0.39 is 0 Å². The van der Waals surface area contributed by atoms with Crippen molar-refractivity contribution in [1.82, 2.24) is 0 Å². The minimum atomic E-state index is 0.314. The second kappa shape index (κ2) is 7.17. The molecule has 0 aliphatic rings. The van der Waals surface area contributed by atoms with Gasteiger partial charge < -0.3 is 0 Å². The maximum atomic E-state index is 6.13. The van der Waals surface area contributed by atoms with Gasteiger partial charge in [0.15, 0.2) is 0 Å². The Bertz CT molecular complexity index is 217. The van der Waals surface area contributed by atoms with Crippen molar-refractivity contribution in [2.24, 2.45) is 22.7 Å². The summed E-state index contributed by atoms with van der Waals surface area (Å²) in [5.41, 5.74) is 0.807.